The molecule has 104 valence electrons. The standard InChI is InChI=1S/C15H23N3O/c1-17(9-7-16-8-10-19)15-12-18(13-15)11-14-5-3-2-4-6-14/h2-6,10,15-16H,7-9,11-13H2,1H3. The van der Waals surface area contributed by atoms with Gasteiger partial charge in [-0.1, -0.05) is 30.3 Å². The monoisotopic (exact) mass is 261 g/mol. The molecular formula is C15H23N3O. The third-order valence-electron chi connectivity index (χ3n) is 3.68. The summed E-state index contributed by atoms with van der Waals surface area (Å²) in [6.45, 7) is 5.66. The molecule has 0 aromatic heterocycles. The molecule has 0 bridgehead atoms. The molecule has 0 saturated carbocycles. The molecule has 2 rings (SSSR count). The van der Waals surface area contributed by atoms with Gasteiger partial charge in [-0.05, 0) is 12.6 Å². The van der Waals surface area contributed by atoms with Crippen LogP contribution in [0.25, 0.3) is 0 Å². The topological polar surface area (TPSA) is 35.6 Å². The zero-order valence-electron chi connectivity index (χ0n) is 11.6. The van der Waals surface area contributed by atoms with Crippen LogP contribution in [-0.4, -0.2) is 61.9 Å². The van der Waals surface area contributed by atoms with E-state index in [0.29, 0.717) is 12.6 Å². The molecule has 0 aliphatic carbocycles. The Bertz CT molecular complexity index is 376. The highest BCUT2D eigenvalue weighted by Crippen LogP contribution is 2.16. The van der Waals surface area contributed by atoms with Gasteiger partial charge in [0, 0.05) is 38.8 Å². The van der Waals surface area contributed by atoms with Gasteiger partial charge in [0.15, 0.2) is 0 Å². The van der Waals surface area contributed by atoms with E-state index in [1.54, 1.807) is 0 Å². The number of likely N-dealkylation sites (tertiary alicyclic amines) is 1. The molecule has 0 spiro atoms. The first-order chi connectivity index (χ1) is 9.29. The third kappa shape index (κ3) is 4.42. The summed E-state index contributed by atoms with van der Waals surface area (Å²) in [4.78, 5) is 15.0. The zero-order chi connectivity index (χ0) is 13.5. The number of hydrogen-bond donors (Lipinski definition) is 1. The minimum Gasteiger partial charge on any atom is -0.309 e. The molecule has 0 amide bonds. The van der Waals surface area contributed by atoms with E-state index in [9.17, 15) is 4.79 Å². The number of nitrogens with one attached hydrogen (secondary N) is 1. The molecule has 4 nitrogen and oxygen atoms in total. The highest BCUT2D eigenvalue weighted by atomic mass is 16.1. The van der Waals surface area contributed by atoms with Crippen LogP contribution in [0.5, 0.6) is 0 Å². The number of carbonyl (C=O) groups excluding carboxylic acids is 1. The predicted molar refractivity (Wildman–Crippen MR) is 77.1 cm³/mol. The van der Waals surface area contributed by atoms with Crippen molar-refractivity contribution < 1.29 is 4.79 Å². The lowest BCUT2D eigenvalue weighted by Crippen LogP contribution is -2.58. The van der Waals surface area contributed by atoms with Crippen molar-refractivity contribution in [1.29, 1.82) is 0 Å². The molecule has 1 aromatic carbocycles. The van der Waals surface area contributed by atoms with Crippen molar-refractivity contribution in [3.63, 3.8) is 0 Å². The van der Waals surface area contributed by atoms with Gasteiger partial charge in [-0.3, -0.25) is 9.80 Å². The Morgan fingerprint density at radius 1 is 1.37 bits per heavy atom. The van der Waals surface area contributed by atoms with Gasteiger partial charge in [0.25, 0.3) is 0 Å². The van der Waals surface area contributed by atoms with Crippen molar-refractivity contribution >= 4 is 6.29 Å². The average molecular weight is 261 g/mol. The summed E-state index contributed by atoms with van der Waals surface area (Å²) < 4.78 is 0. The first-order valence-electron chi connectivity index (χ1n) is 6.90. The van der Waals surface area contributed by atoms with E-state index in [4.69, 9.17) is 0 Å². The van der Waals surface area contributed by atoms with Crippen molar-refractivity contribution in [3.8, 4) is 0 Å². The predicted octanol–water partition coefficient (Wildman–Crippen LogP) is 0.591. The van der Waals surface area contributed by atoms with Gasteiger partial charge in [-0.25, -0.2) is 0 Å². The molecule has 1 aromatic rings. The second-order valence-electron chi connectivity index (χ2n) is 5.18. The summed E-state index contributed by atoms with van der Waals surface area (Å²) >= 11 is 0. The van der Waals surface area contributed by atoms with Gasteiger partial charge in [0.2, 0.25) is 0 Å². The molecule has 1 aliphatic heterocycles. The van der Waals surface area contributed by atoms with E-state index >= 15 is 0 Å². The summed E-state index contributed by atoms with van der Waals surface area (Å²) in [5.41, 5.74) is 1.39. The van der Waals surface area contributed by atoms with Crippen LogP contribution in [0.3, 0.4) is 0 Å². The Labute approximate surface area is 115 Å². The maximum Gasteiger partial charge on any atom is 0.133 e. The first-order valence-corrected chi connectivity index (χ1v) is 6.90. The molecule has 1 aliphatic rings. The summed E-state index contributed by atoms with van der Waals surface area (Å²) in [6.07, 6.45) is 0.908. The van der Waals surface area contributed by atoms with Crippen LogP contribution in [0.2, 0.25) is 0 Å². The van der Waals surface area contributed by atoms with Crippen LogP contribution in [-0.2, 0) is 11.3 Å². The number of nitrogens with zero attached hydrogens (tertiary/aromatic N) is 2. The minimum atomic E-state index is 0.457. The fraction of sp³-hybridized carbons (Fsp3) is 0.533. The normalized spacial score (nSPS) is 16.5. The van der Waals surface area contributed by atoms with Crippen LogP contribution in [0.4, 0.5) is 0 Å². The molecule has 1 fully saturated rings. The van der Waals surface area contributed by atoms with Crippen LogP contribution in [0.1, 0.15) is 5.56 Å². The average Bonchev–Trinajstić information content (AvgIpc) is 2.39. The molecule has 19 heavy (non-hydrogen) atoms. The van der Waals surface area contributed by atoms with Crippen molar-refractivity contribution in [2.24, 2.45) is 0 Å². The van der Waals surface area contributed by atoms with E-state index in [1.165, 1.54) is 5.56 Å². The van der Waals surface area contributed by atoms with Crippen LogP contribution < -0.4 is 5.32 Å². The van der Waals surface area contributed by atoms with Crippen molar-refractivity contribution in [2.45, 2.75) is 12.6 Å². The molecule has 1 heterocycles. The maximum absolute atomic E-state index is 10.2. The molecule has 1 N–H and O–H groups in total. The van der Waals surface area contributed by atoms with E-state index in [-0.39, 0.29) is 0 Å². The van der Waals surface area contributed by atoms with Gasteiger partial charge in [-0.15, -0.1) is 0 Å². The Kier molecular flexibility index (Phi) is 5.51. The highest BCUT2D eigenvalue weighted by Gasteiger charge is 2.29. The van der Waals surface area contributed by atoms with E-state index in [0.717, 1.165) is 39.0 Å². The summed E-state index contributed by atoms with van der Waals surface area (Å²) in [5, 5.41) is 3.10. The van der Waals surface area contributed by atoms with Gasteiger partial charge < -0.3 is 10.1 Å². The second-order valence-corrected chi connectivity index (χ2v) is 5.18. The quantitative estimate of drug-likeness (QED) is 0.549. The van der Waals surface area contributed by atoms with Crippen LogP contribution in [0, 0.1) is 0 Å². The summed E-state index contributed by atoms with van der Waals surface area (Å²) in [6, 6.07) is 11.3. The van der Waals surface area contributed by atoms with Crippen molar-refractivity contribution in [1.82, 2.24) is 15.1 Å². The van der Waals surface area contributed by atoms with Gasteiger partial charge in [0.05, 0.1) is 6.54 Å². The maximum atomic E-state index is 10.2. The summed E-state index contributed by atoms with van der Waals surface area (Å²) in [5.74, 6) is 0. The van der Waals surface area contributed by atoms with Crippen molar-refractivity contribution in [2.75, 3.05) is 39.8 Å². The smallest absolute Gasteiger partial charge is 0.133 e. The SMILES string of the molecule is CN(CCNCC=O)C1CN(Cc2ccccc2)C1. The molecule has 1 saturated heterocycles. The molecule has 0 radical (unpaired) electrons. The number of rotatable bonds is 8. The number of likely N-dealkylation sites (N-methyl/N-ethyl adjacent to an activating group) is 1. The highest BCUT2D eigenvalue weighted by molar-refractivity contribution is 5.51. The second kappa shape index (κ2) is 7.38. The van der Waals surface area contributed by atoms with Gasteiger partial charge in [0.1, 0.15) is 6.29 Å². The lowest BCUT2D eigenvalue weighted by molar-refractivity contribution is -0.107. The number of hydrogen-bond acceptors (Lipinski definition) is 4. The van der Waals surface area contributed by atoms with Crippen LogP contribution >= 0.6 is 0 Å². The summed E-state index contributed by atoms with van der Waals surface area (Å²) in [7, 11) is 2.16. The number of carbonyl (C=O) groups is 1. The van der Waals surface area contributed by atoms with E-state index < -0.39 is 0 Å². The largest absolute Gasteiger partial charge is 0.309 e. The zero-order valence-corrected chi connectivity index (χ0v) is 11.6. The molecule has 4 heteroatoms. The van der Waals surface area contributed by atoms with E-state index in [1.807, 2.05) is 0 Å². The number of aldehydes is 1. The first kappa shape index (κ1) is 14.2. The Morgan fingerprint density at radius 3 is 2.79 bits per heavy atom. The Hall–Kier alpha value is -1.23. The third-order valence-corrected chi connectivity index (χ3v) is 3.68. The van der Waals surface area contributed by atoms with Crippen LogP contribution in [0.15, 0.2) is 30.3 Å². The van der Waals surface area contributed by atoms with Crippen molar-refractivity contribution in [3.05, 3.63) is 35.9 Å². The molecular weight excluding hydrogens is 238 g/mol. The number of benzene rings is 1. The fourth-order valence-corrected chi connectivity index (χ4v) is 2.39. The molecule has 0 atom stereocenters. The fourth-order valence-electron chi connectivity index (χ4n) is 2.39. The molecule has 0 unspecified atom stereocenters. The van der Waals surface area contributed by atoms with Gasteiger partial charge in [-0.2, -0.15) is 0 Å². The lowest BCUT2D eigenvalue weighted by atomic mass is 10.1. The minimum absolute atomic E-state index is 0.457. The Balaban J connectivity index is 1.61. The Morgan fingerprint density at radius 2 is 2.11 bits per heavy atom. The van der Waals surface area contributed by atoms with Gasteiger partial charge >= 0.3 is 0 Å². The lowest BCUT2D eigenvalue weighted by Gasteiger charge is -2.44. The van der Waals surface area contributed by atoms with E-state index in [2.05, 4.69) is 52.5 Å².